The number of nitrogens with one attached hydrogen (secondary N) is 1. The molecule has 23 heavy (non-hydrogen) atoms. The molecule has 3 rings (SSSR count). The second-order valence-corrected chi connectivity index (χ2v) is 6.26. The number of ketones is 1. The summed E-state index contributed by atoms with van der Waals surface area (Å²) in [5.41, 5.74) is 0. The van der Waals surface area contributed by atoms with E-state index in [2.05, 4.69) is 15.4 Å². The molecule has 7 nitrogen and oxygen atoms in total. The predicted molar refractivity (Wildman–Crippen MR) is 83.0 cm³/mol. The van der Waals surface area contributed by atoms with Crippen LogP contribution in [-0.2, 0) is 14.3 Å². The lowest BCUT2D eigenvalue weighted by Crippen LogP contribution is -2.51. The molecule has 2 fully saturated rings. The Morgan fingerprint density at radius 2 is 2.39 bits per heavy atom. The first-order valence-corrected chi connectivity index (χ1v) is 8.21. The van der Waals surface area contributed by atoms with Gasteiger partial charge in [0, 0.05) is 44.0 Å². The topological polar surface area (TPSA) is 84.7 Å². The third-order valence-electron chi connectivity index (χ3n) is 4.62. The number of carbonyl (C=O) groups excluding carboxylic acids is 2. The largest absolute Gasteiger partial charge is 0.378 e. The summed E-state index contributed by atoms with van der Waals surface area (Å²) in [4.78, 5) is 26.3. The molecule has 1 aliphatic carbocycles. The van der Waals surface area contributed by atoms with E-state index in [1.54, 1.807) is 13.0 Å². The Labute approximate surface area is 135 Å². The minimum Gasteiger partial charge on any atom is -0.378 e. The van der Waals surface area contributed by atoms with E-state index >= 15 is 0 Å². The van der Waals surface area contributed by atoms with E-state index in [0.29, 0.717) is 50.0 Å². The highest BCUT2D eigenvalue weighted by molar-refractivity contribution is 5.89. The van der Waals surface area contributed by atoms with Gasteiger partial charge in [-0.25, -0.2) is 0 Å². The van der Waals surface area contributed by atoms with Crippen molar-refractivity contribution in [2.75, 3.05) is 31.6 Å². The number of rotatable bonds is 5. The molecule has 1 aliphatic heterocycles. The second kappa shape index (κ2) is 7.23. The average molecular weight is 321 g/mol. The van der Waals surface area contributed by atoms with Crippen LogP contribution in [0, 0.1) is 12.8 Å². The lowest BCUT2D eigenvalue weighted by molar-refractivity contribution is -0.125. The van der Waals surface area contributed by atoms with E-state index < -0.39 is 0 Å². The highest BCUT2D eigenvalue weighted by Crippen LogP contribution is 2.29. The highest BCUT2D eigenvalue weighted by Gasteiger charge is 2.37. The Morgan fingerprint density at radius 3 is 3.09 bits per heavy atom. The first-order valence-electron chi connectivity index (χ1n) is 8.21. The Morgan fingerprint density at radius 1 is 1.52 bits per heavy atom. The zero-order chi connectivity index (χ0) is 16.2. The van der Waals surface area contributed by atoms with Crippen LogP contribution in [0.5, 0.6) is 0 Å². The Balaban J connectivity index is 1.52. The van der Waals surface area contributed by atoms with Crippen LogP contribution in [0.25, 0.3) is 0 Å². The normalized spacial score (nSPS) is 25.7. The van der Waals surface area contributed by atoms with E-state index in [-0.39, 0.29) is 17.9 Å². The van der Waals surface area contributed by atoms with Crippen LogP contribution in [-0.4, -0.2) is 54.1 Å². The molecular weight excluding hydrogens is 298 g/mol. The van der Waals surface area contributed by atoms with Crippen molar-refractivity contribution < 1.29 is 18.8 Å². The predicted octanol–water partition coefficient (Wildman–Crippen LogP) is 1.38. The fraction of sp³-hybridized carbons (Fsp3) is 0.688. The summed E-state index contributed by atoms with van der Waals surface area (Å²) in [5.74, 6) is 1.41. The number of carbonyl (C=O) groups is 2. The maximum Gasteiger partial charge on any atom is 0.226 e. The minimum absolute atomic E-state index is 0.0663. The monoisotopic (exact) mass is 321 g/mol. The van der Waals surface area contributed by atoms with Gasteiger partial charge in [0.05, 0.1) is 13.2 Å². The maximum absolute atomic E-state index is 12.0. The molecule has 0 aromatic carbocycles. The molecule has 1 saturated carbocycles. The van der Waals surface area contributed by atoms with E-state index in [0.717, 1.165) is 19.4 Å². The standard InChI is InChI=1S/C16H23N3O4/c1-11-9-15(18-23-11)17-16(21)5-6-19-7-8-22-10-13(19)12-3-2-4-14(12)20/h9,12-13H,2-8,10H2,1H3,(H,17,18,21)/t12-,13+/m1/s1. The molecule has 2 aliphatic rings. The molecule has 2 atom stereocenters. The quantitative estimate of drug-likeness (QED) is 0.882. The summed E-state index contributed by atoms with van der Waals surface area (Å²) in [6.45, 7) is 4.41. The number of anilines is 1. The number of hydrogen-bond donors (Lipinski definition) is 1. The molecule has 0 spiro atoms. The molecule has 1 saturated heterocycles. The number of morpholine rings is 1. The van der Waals surface area contributed by atoms with Crippen LogP contribution in [0.3, 0.4) is 0 Å². The molecule has 1 amide bonds. The first-order chi connectivity index (χ1) is 11.1. The van der Waals surface area contributed by atoms with Gasteiger partial charge in [0.15, 0.2) is 5.82 Å². The van der Waals surface area contributed by atoms with E-state index in [1.165, 1.54) is 0 Å². The summed E-state index contributed by atoms with van der Waals surface area (Å²) in [5, 5.41) is 6.48. The van der Waals surface area contributed by atoms with Crippen LogP contribution in [0.4, 0.5) is 5.82 Å². The van der Waals surface area contributed by atoms with Gasteiger partial charge in [-0.1, -0.05) is 5.16 Å². The van der Waals surface area contributed by atoms with Gasteiger partial charge in [0.1, 0.15) is 11.5 Å². The van der Waals surface area contributed by atoms with E-state index in [4.69, 9.17) is 9.26 Å². The SMILES string of the molecule is Cc1cc(NC(=O)CCN2CCOC[C@H]2[C@H]2CCCC2=O)no1. The van der Waals surface area contributed by atoms with Gasteiger partial charge in [0.25, 0.3) is 0 Å². The van der Waals surface area contributed by atoms with E-state index in [1.807, 2.05) is 0 Å². The number of ether oxygens (including phenoxy) is 1. The molecule has 126 valence electrons. The van der Waals surface area contributed by atoms with Gasteiger partial charge in [-0.3, -0.25) is 14.5 Å². The van der Waals surface area contributed by atoms with Gasteiger partial charge in [0.2, 0.25) is 5.91 Å². The zero-order valence-corrected chi connectivity index (χ0v) is 13.4. The van der Waals surface area contributed by atoms with Crippen molar-refractivity contribution in [3.63, 3.8) is 0 Å². The second-order valence-electron chi connectivity index (χ2n) is 6.26. The highest BCUT2D eigenvalue weighted by atomic mass is 16.5. The number of hydrogen-bond acceptors (Lipinski definition) is 6. The fourth-order valence-corrected chi connectivity index (χ4v) is 3.43. The van der Waals surface area contributed by atoms with Crippen molar-refractivity contribution in [2.45, 2.75) is 38.6 Å². The molecule has 7 heteroatoms. The third-order valence-corrected chi connectivity index (χ3v) is 4.62. The molecule has 0 unspecified atom stereocenters. The van der Waals surface area contributed by atoms with Crippen molar-refractivity contribution in [2.24, 2.45) is 5.92 Å². The zero-order valence-electron chi connectivity index (χ0n) is 13.4. The molecule has 1 aromatic rings. The summed E-state index contributed by atoms with van der Waals surface area (Å²) >= 11 is 0. The number of nitrogens with zero attached hydrogens (tertiary/aromatic N) is 2. The van der Waals surface area contributed by atoms with E-state index in [9.17, 15) is 9.59 Å². The lowest BCUT2D eigenvalue weighted by atomic mass is 9.95. The van der Waals surface area contributed by atoms with Gasteiger partial charge in [-0.05, 0) is 19.8 Å². The number of aryl methyl sites for hydroxylation is 1. The summed E-state index contributed by atoms with van der Waals surface area (Å²) in [7, 11) is 0. The summed E-state index contributed by atoms with van der Waals surface area (Å²) in [6.07, 6.45) is 2.96. The molecule has 2 heterocycles. The van der Waals surface area contributed by atoms with Crippen molar-refractivity contribution in [3.8, 4) is 0 Å². The molecular formula is C16H23N3O4. The van der Waals surface area contributed by atoms with Crippen LogP contribution < -0.4 is 5.32 Å². The van der Waals surface area contributed by atoms with Crippen LogP contribution in [0.2, 0.25) is 0 Å². The number of amides is 1. The van der Waals surface area contributed by atoms with Crippen molar-refractivity contribution >= 4 is 17.5 Å². The molecule has 0 radical (unpaired) electrons. The average Bonchev–Trinajstić information content (AvgIpc) is 3.14. The van der Waals surface area contributed by atoms with Crippen LogP contribution >= 0.6 is 0 Å². The summed E-state index contributed by atoms with van der Waals surface area (Å²) < 4.78 is 10.5. The lowest BCUT2D eigenvalue weighted by Gasteiger charge is -2.38. The smallest absolute Gasteiger partial charge is 0.226 e. The van der Waals surface area contributed by atoms with Gasteiger partial charge in [-0.15, -0.1) is 0 Å². The fourth-order valence-electron chi connectivity index (χ4n) is 3.43. The van der Waals surface area contributed by atoms with Crippen LogP contribution in [0.1, 0.15) is 31.4 Å². The van der Waals surface area contributed by atoms with Gasteiger partial charge < -0.3 is 14.6 Å². The van der Waals surface area contributed by atoms with Crippen LogP contribution in [0.15, 0.2) is 10.6 Å². The Hall–Kier alpha value is -1.73. The Kier molecular flexibility index (Phi) is 5.07. The number of Topliss-reactive ketones (excluding diaryl/α,β-unsaturated/α-hetero) is 1. The first kappa shape index (κ1) is 16.1. The summed E-state index contributed by atoms with van der Waals surface area (Å²) in [6, 6.07) is 1.80. The van der Waals surface area contributed by atoms with Crippen molar-refractivity contribution in [1.29, 1.82) is 0 Å². The minimum atomic E-state index is -0.0960. The molecule has 1 N–H and O–H groups in total. The van der Waals surface area contributed by atoms with Gasteiger partial charge >= 0.3 is 0 Å². The van der Waals surface area contributed by atoms with Gasteiger partial charge in [-0.2, -0.15) is 0 Å². The maximum atomic E-state index is 12.0. The third kappa shape index (κ3) is 3.97. The molecule has 0 bridgehead atoms. The Bertz CT molecular complexity index is 571. The number of aromatic nitrogens is 1. The molecule has 1 aromatic heterocycles. The van der Waals surface area contributed by atoms with Crippen molar-refractivity contribution in [1.82, 2.24) is 10.1 Å². The van der Waals surface area contributed by atoms with Crippen molar-refractivity contribution in [3.05, 3.63) is 11.8 Å².